The smallest absolute Gasteiger partial charge is 0.251 e. The molecule has 0 bridgehead atoms. The largest absolute Gasteiger partial charge is 0.354 e. The number of carbonyl (C=O) groups excluding carboxylic acids is 3. The van der Waals surface area contributed by atoms with Crippen LogP contribution in [-0.4, -0.2) is 60.3 Å². The predicted molar refractivity (Wildman–Crippen MR) is 104 cm³/mol. The molecule has 0 aromatic heterocycles. The van der Waals surface area contributed by atoms with Gasteiger partial charge in [0.25, 0.3) is 5.91 Å². The van der Waals surface area contributed by atoms with Crippen molar-refractivity contribution >= 4 is 29.5 Å². The first-order chi connectivity index (χ1) is 12.6. The van der Waals surface area contributed by atoms with Gasteiger partial charge in [-0.05, 0) is 43.4 Å². The van der Waals surface area contributed by atoms with E-state index < -0.39 is 6.04 Å². The molecule has 1 aromatic carbocycles. The second kappa shape index (κ2) is 10.9. The van der Waals surface area contributed by atoms with Crippen molar-refractivity contribution in [1.82, 2.24) is 15.5 Å². The molecule has 3 amide bonds. The highest BCUT2D eigenvalue weighted by atomic mass is 32.2. The molecule has 26 heavy (non-hydrogen) atoms. The van der Waals surface area contributed by atoms with E-state index >= 15 is 0 Å². The summed E-state index contributed by atoms with van der Waals surface area (Å²) in [4.78, 5) is 38.7. The summed E-state index contributed by atoms with van der Waals surface area (Å²) < 4.78 is 0. The normalized spacial score (nSPS) is 14.7. The zero-order chi connectivity index (χ0) is 18.8. The number of nitrogens with zero attached hydrogens (tertiary/aromatic N) is 1. The van der Waals surface area contributed by atoms with Crippen molar-refractivity contribution in [2.45, 2.75) is 31.7 Å². The fourth-order valence-electron chi connectivity index (χ4n) is 2.88. The Morgan fingerprint density at radius 2 is 1.85 bits per heavy atom. The van der Waals surface area contributed by atoms with Crippen LogP contribution in [0.15, 0.2) is 30.3 Å². The minimum atomic E-state index is -0.600. The number of nitrogens with one attached hydrogen (secondary N) is 2. The highest BCUT2D eigenvalue weighted by Gasteiger charge is 2.22. The monoisotopic (exact) mass is 377 g/mol. The highest BCUT2D eigenvalue weighted by molar-refractivity contribution is 7.98. The van der Waals surface area contributed by atoms with Gasteiger partial charge in [0.15, 0.2) is 0 Å². The van der Waals surface area contributed by atoms with E-state index in [1.54, 1.807) is 36.0 Å². The van der Waals surface area contributed by atoms with Gasteiger partial charge < -0.3 is 15.5 Å². The molecule has 2 rings (SSSR count). The van der Waals surface area contributed by atoms with Crippen LogP contribution in [0.3, 0.4) is 0 Å². The Morgan fingerprint density at radius 3 is 2.50 bits per heavy atom. The van der Waals surface area contributed by atoms with Crippen LogP contribution < -0.4 is 10.6 Å². The van der Waals surface area contributed by atoms with Crippen molar-refractivity contribution in [3.8, 4) is 0 Å². The molecule has 1 aliphatic rings. The third-order valence-corrected chi connectivity index (χ3v) is 5.01. The number of rotatable bonds is 9. The van der Waals surface area contributed by atoms with Gasteiger partial charge in [-0.25, -0.2) is 0 Å². The van der Waals surface area contributed by atoms with E-state index in [9.17, 15) is 14.4 Å². The average molecular weight is 378 g/mol. The minimum Gasteiger partial charge on any atom is -0.354 e. The number of benzene rings is 1. The SMILES string of the molecule is CSCCC(NC(=O)c1ccccc1)C(=O)NCCC(=O)N1CCCC1. The summed E-state index contributed by atoms with van der Waals surface area (Å²) in [5, 5.41) is 5.59. The van der Waals surface area contributed by atoms with Gasteiger partial charge in [-0.2, -0.15) is 11.8 Å². The molecule has 1 aliphatic heterocycles. The van der Waals surface area contributed by atoms with Crippen LogP contribution in [0.5, 0.6) is 0 Å². The number of hydrogen-bond acceptors (Lipinski definition) is 4. The maximum absolute atomic E-state index is 12.5. The standard InChI is InChI=1S/C19H27N3O3S/c1-26-14-10-16(21-18(24)15-7-3-2-4-8-15)19(25)20-11-9-17(23)22-12-5-6-13-22/h2-4,7-8,16H,5-6,9-14H2,1H3,(H,20,25)(H,21,24). The first-order valence-corrected chi connectivity index (χ1v) is 10.4. The second-order valence-corrected chi connectivity index (χ2v) is 7.29. The van der Waals surface area contributed by atoms with Gasteiger partial charge in [-0.1, -0.05) is 18.2 Å². The van der Waals surface area contributed by atoms with Gasteiger partial charge in [0, 0.05) is 31.6 Å². The first kappa shape index (κ1) is 20.3. The van der Waals surface area contributed by atoms with E-state index in [1.165, 1.54) is 0 Å². The van der Waals surface area contributed by atoms with Gasteiger partial charge in [-0.3, -0.25) is 14.4 Å². The van der Waals surface area contributed by atoms with Gasteiger partial charge >= 0.3 is 0 Å². The fourth-order valence-corrected chi connectivity index (χ4v) is 3.35. The summed E-state index contributed by atoms with van der Waals surface area (Å²) in [7, 11) is 0. The molecule has 0 aliphatic carbocycles. The maximum Gasteiger partial charge on any atom is 0.251 e. The number of hydrogen-bond donors (Lipinski definition) is 2. The molecule has 1 unspecified atom stereocenters. The molecule has 1 atom stereocenters. The van der Waals surface area contributed by atoms with Crippen molar-refractivity contribution in [3.05, 3.63) is 35.9 Å². The molecule has 0 radical (unpaired) electrons. The van der Waals surface area contributed by atoms with Crippen LogP contribution in [0.25, 0.3) is 0 Å². The Hall–Kier alpha value is -2.02. The van der Waals surface area contributed by atoms with E-state index in [4.69, 9.17) is 0 Å². The molecule has 1 saturated heterocycles. The molecule has 6 nitrogen and oxygen atoms in total. The van der Waals surface area contributed by atoms with Crippen molar-refractivity contribution in [2.24, 2.45) is 0 Å². The third kappa shape index (κ3) is 6.37. The van der Waals surface area contributed by atoms with Crippen LogP contribution in [0.4, 0.5) is 0 Å². The molecular weight excluding hydrogens is 350 g/mol. The van der Waals surface area contributed by atoms with Gasteiger partial charge in [-0.15, -0.1) is 0 Å². The first-order valence-electron chi connectivity index (χ1n) is 9.02. The number of carbonyl (C=O) groups is 3. The lowest BCUT2D eigenvalue weighted by Crippen LogP contribution is -2.47. The van der Waals surface area contributed by atoms with Crippen molar-refractivity contribution < 1.29 is 14.4 Å². The van der Waals surface area contributed by atoms with Crippen molar-refractivity contribution in [2.75, 3.05) is 31.6 Å². The molecule has 0 saturated carbocycles. The second-order valence-electron chi connectivity index (χ2n) is 6.30. The summed E-state index contributed by atoms with van der Waals surface area (Å²) in [5.74, 6) is 0.342. The molecule has 142 valence electrons. The zero-order valence-corrected chi connectivity index (χ0v) is 16.0. The summed E-state index contributed by atoms with van der Waals surface area (Å²) >= 11 is 1.62. The van der Waals surface area contributed by atoms with Crippen LogP contribution >= 0.6 is 11.8 Å². The Labute approximate surface area is 159 Å². The summed E-state index contributed by atoms with van der Waals surface area (Å²) in [6, 6.07) is 8.25. The summed E-state index contributed by atoms with van der Waals surface area (Å²) in [6.07, 6.45) is 4.92. The van der Waals surface area contributed by atoms with Crippen LogP contribution in [0, 0.1) is 0 Å². The van der Waals surface area contributed by atoms with Gasteiger partial charge in [0.05, 0.1) is 0 Å². The van der Waals surface area contributed by atoms with E-state index in [-0.39, 0.29) is 17.7 Å². The molecule has 1 aromatic rings. The van der Waals surface area contributed by atoms with E-state index in [0.29, 0.717) is 24.9 Å². The van der Waals surface area contributed by atoms with Gasteiger partial charge in [0.2, 0.25) is 11.8 Å². The molecule has 1 heterocycles. The fraction of sp³-hybridized carbons (Fsp3) is 0.526. The lowest BCUT2D eigenvalue weighted by molar-refractivity contribution is -0.130. The highest BCUT2D eigenvalue weighted by Crippen LogP contribution is 2.08. The maximum atomic E-state index is 12.5. The van der Waals surface area contributed by atoms with E-state index in [2.05, 4.69) is 10.6 Å². The third-order valence-electron chi connectivity index (χ3n) is 4.37. The molecule has 0 spiro atoms. The zero-order valence-electron chi connectivity index (χ0n) is 15.2. The van der Waals surface area contributed by atoms with Crippen molar-refractivity contribution in [3.63, 3.8) is 0 Å². The topological polar surface area (TPSA) is 78.5 Å². The molecule has 1 fully saturated rings. The lowest BCUT2D eigenvalue weighted by atomic mass is 10.1. The van der Waals surface area contributed by atoms with E-state index in [1.807, 2.05) is 17.2 Å². The summed E-state index contributed by atoms with van der Waals surface area (Å²) in [5.41, 5.74) is 0.527. The van der Waals surface area contributed by atoms with Crippen LogP contribution in [-0.2, 0) is 9.59 Å². The Bertz CT molecular complexity index is 603. The lowest BCUT2D eigenvalue weighted by Gasteiger charge is -2.19. The number of thioether (sulfide) groups is 1. The number of likely N-dealkylation sites (tertiary alicyclic amines) is 1. The average Bonchev–Trinajstić information content (AvgIpc) is 3.20. The Kier molecular flexibility index (Phi) is 8.47. The molecule has 2 N–H and O–H groups in total. The predicted octanol–water partition coefficient (Wildman–Crippen LogP) is 1.67. The quantitative estimate of drug-likeness (QED) is 0.686. The Balaban J connectivity index is 1.83. The molecule has 7 heteroatoms. The minimum absolute atomic E-state index is 0.0804. The molecular formula is C19H27N3O3S. The van der Waals surface area contributed by atoms with E-state index in [0.717, 1.165) is 31.7 Å². The van der Waals surface area contributed by atoms with Crippen molar-refractivity contribution in [1.29, 1.82) is 0 Å². The van der Waals surface area contributed by atoms with Gasteiger partial charge in [0.1, 0.15) is 6.04 Å². The van der Waals surface area contributed by atoms with Crippen LogP contribution in [0.2, 0.25) is 0 Å². The Morgan fingerprint density at radius 1 is 1.15 bits per heavy atom. The summed E-state index contributed by atoms with van der Waals surface area (Å²) in [6.45, 7) is 1.93. The van der Waals surface area contributed by atoms with Crippen LogP contribution in [0.1, 0.15) is 36.0 Å². The number of amides is 3.